The zero-order valence-corrected chi connectivity index (χ0v) is 10.9. The molecule has 0 aliphatic heterocycles. The van der Waals surface area contributed by atoms with Gasteiger partial charge in [0.2, 0.25) is 0 Å². The zero-order valence-electron chi connectivity index (χ0n) is 10.9. The van der Waals surface area contributed by atoms with Gasteiger partial charge in [-0.2, -0.15) is 10.3 Å². The Morgan fingerprint density at radius 2 is 2.20 bits per heavy atom. The lowest BCUT2D eigenvalue weighted by molar-refractivity contribution is -0.384. The topological polar surface area (TPSA) is 111 Å². The van der Waals surface area contributed by atoms with Gasteiger partial charge in [-0.3, -0.25) is 10.1 Å². The minimum absolute atomic E-state index is 0.00967. The number of rotatable bonds is 4. The Morgan fingerprint density at radius 3 is 2.85 bits per heavy atom. The molecule has 8 heteroatoms. The Morgan fingerprint density at radius 1 is 1.45 bits per heavy atom. The van der Waals surface area contributed by atoms with Gasteiger partial charge in [0.15, 0.2) is 5.69 Å². The predicted octanol–water partition coefficient (Wildman–Crippen LogP) is 1.87. The maximum absolute atomic E-state index is 11.8. The van der Waals surface area contributed by atoms with Crippen LogP contribution in [0, 0.1) is 17.0 Å². The lowest BCUT2D eigenvalue weighted by Gasteiger charge is -2.04. The molecule has 1 heterocycles. The normalized spacial score (nSPS) is 10.3. The average molecular weight is 276 g/mol. The quantitative estimate of drug-likeness (QED) is 0.518. The van der Waals surface area contributed by atoms with Crippen LogP contribution in [0.2, 0.25) is 0 Å². The predicted molar refractivity (Wildman–Crippen MR) is 69.2 cm³/mol. The van der Waals surface area contributed by atoms with Crippen LogP contribution in [0.15, 0.2) is 18.2 Å². The van der Waals surface area contributed by atoms with Crippen LogP contribution in [-0.2, 0) is 4.74 Å². The first kappa shape index (κ1) is 13.7. The van der Waals surface area contributed by atoms with Gasteiger partial charge in [-0.1, -0.05) is 6.07 Å². The zero-order chi connectivity index (χ0) is 14.7. The number of esters is 1. The number of carbonyl (C=O) groups is 1. The van der Waals surface area contributed by atoms with E-state index >= 15 is 0 Å². The highest BCUT2D eigenvalue weighted by molar-refractivity contribution is 5.94. The van der Waals surface area contributed by atoms with Crippen LogP contribution in [0.25, 0.3) is 11.3 Å². The lowest BCUT2D eigenvalue weighted by Crippen LogP contribution is -2.07. The van der Waals surface area contributed by atoms with Gasteiger partial charge in [0.25, 0.3) is 5.69 Å². The molecule has 2 rings (SSSR count). The van der Waals surface area contributed by atoms with Gasteiger partial charge >= 0.3 is 5.97 Å². The molecule has 1 N–H and O–H groups in total. The Balaban J connectivity index is 2.52. The molecular formula is C12H12N4O4. The molecule has 0 saturated carbocycles. The Hall–Kier alpha value is -2.77. The number of carbonyl (C=O) groups excluding carboxylic acids is 1. The molecular weight excluding hydrogens is 264 g/mol. The summed E-state index contributed by atoms with van der Waals surface area (Å²) in [6.07, 6.45) is 0. The van der Waals surface area contributed by atoms with E-state index in [1.54, 1.807) is 19.9 Å². The number of non-ortho nitro benzene ring substituents is 1. The third-order valence-corrected chi connectivity index (χ3v) is 2.70. The van der Waals surface area contributed by atoms with Crippen LogP contribution < -0.4 is 0 Å². The molecule has 0 fully saturated rings. The Kier molecular flexibility index (Phi) is 3.74. The minimum Gasteiger partial charge on any atom is -0.461 e. The number of nitro groups is 1. The summed E-state index contributed by atoms with van der Waals surface area (Å²) < 4.78 is 4.87. The van der Waals surface area contributed by atoms with Crippen molar-refractivity contribution in [2.75, 3.05) is 6.61 Å². The third kappa shape index (κ3) is 2.48. The molecule has 0 radical (unpaired) electrons. The van der Waals surface area contributed by atoms with Gasteiger partial charge in [-0.15, -0.1) is 5.10 Å². The molecule has 0 saturated heterocycles. The van der Waals surface area contributed by atoms with Crippen molar-refractivity contribution < 1.29 is 14.5 Å². The monoisotopic (exact) mass is 276 g/mol. The van der Waals surface area contributed by atoms with E-state index in [1.807, 2.05) is 0 Å². The van der Waals surface area contributed by atoms with Crippen molar-refractivity contribution in [1.82, 2.24) is 15.4 Å². The van der Waals surface area contributed by atoms with Gasteiger partial charge in [0.05, 0.1) is 11.5 Å². The number of nitrogens with one attached hydrogen (secondary N) is 1. The van der Waals surface area contributed by atoms with Crippen LogP contribution >= 0.6 is 0 Å². The van der Waals surface area contributed by atoms with E-state index in [4.69, 9.17) is 4.74 Å². The molecule has 0 atom stereocenters. The fourth-order valence-electron chi connectivity index (χ4n) is 1.74. The van der Waals surface area contributed by atoms with Crippen LogP contribution in [0.5, 0.6) is 0 Å². The van der Waals surface area contributed by atoms with Crippen molar-refractivity contribution in [3.63, 3.8) is 0 Å². The summed E-state index contributed by atoms with van der Waals surface area (Å²) in [5.74, 6) is -0.623. The standard InChI is InChI=1S/C12H12N4O4/c1-3-20-12(17)11-10(13-15-14-11)9-6-8(16(18)19)5-4-7(9)2/h4-6H,3H2,1-2H3,(H,13,14,15). The largest absolute Gasteiger partial charge is 0.461 e. The number of benzene rings is 1. The van der Waals surface area contributed by atoms with Crippen molar-refractivity contribution in [2.45, 2.75) is 13.8 Å². The summed E-state index contributed by atoms with van der Waals surface area (Å²) in [5, 5.41) is 20.8. The summed E-state index contributed by atoms with van der Waals surface area (Å²) >= 11 is 0. The molecule has 0 aliphatic carbocycles. The molecule has 0 spiro atoms. The highest BCUT2D eigenvalue weighted by atomic mass is 16.6. The van der Waals surface area contributed by atoms with Crippen molar-refractivity contribution in [3.05, 3.63) is 39.6 Å². The van der Waals surface area contributed by atoms with Crippen molar-refractivity contribution in [2.24, 2.45) is 0 Å². The number of aromatic nitrogens is 3. The van der Waals surface area contributed by atoms with Gasteiger partial charge < -0.3 is 4.74 Å². The second-order valence-corrected chi connectivity index (χ2v) is 4.00. The van der Waals surface area contributed by atoms with Gasteiger partial charge in [0, 0.05) is 17.7 Å². The molecule has 0 amide bonds. The van der Waals surface area contributed by atoms with E-state index < -0.39 is 10.9 Å². The first-order valence-corrected chi connectivity index (χ1v) is 5.88. The van der Waals surface area contributed by atoms with E-state index in [0.29, 0.717) is 5.56 Å². The molecule has 1 aromatic carbocycles. The molecule has 0 aliphatic rings. The van der Waals surface area contributed by atoms with Crippen LogP contribution in [0.3, 0.4) is 0 Å². The van der Waals surface area contributed by atoms with Gasteiger partial charge in [-0.05, 0) is 19.4 Å². The third-order valence-electron chi connectivity index (χ3n) is 2.70. The number of hydrogen-bond acceptors (Lipinski definition) is 6. The molecule has 1 aromatic heterocycles. The molecule has 0 unspecified atom stereocenters. The summed E-state index contributed by atoms with van der Waals surface area (Å²) in [4.78, 5) is 22.1. The maximum atomic E-state index is 11.8. The van der Waals surface area contributed by atoms with E-state index in [-0.39, 0.29) is 23.7 Å². The van der Waals surface area contributed by atoms with Crippen LogP contribution in [0.4, 0.5) is 5.69 Å². The number of nitrogens with zero attached hydrogens (tertiary/aromatic N) is 3. The summed E-state index contributed by atoms with van der Waals surface area (Å²) in [6, 6.07) is 4.34. The molecule has 0 bridgehead atoms. The van der Waals surface area contributed by atoms with E-state index in [9.17, 15) is 14.9 Å². The van der Waals surface area contributed by atoms with E-state index in [2.05, 4.69) is 15.4 Å². The van der Waals surface area contributed by atoms with E-state index in [0.717, 1.165) is 5.56 Å². The first-order valence-electron chi connectivity index (χ1n) is 5.88. The van der Waals surface area contributed by atoms with Gasteiger partial charge in [0.1, 0.15) is 5.69 Å². The minimum atomic E-state index is -0.623. The maximum Gasteiger partial charge on any atom is 0.361 e. The number of aryl methyl sites for hydroxylation is 1. The summed E-state index contributed by atoms with van der Waals surface area (Å²) in [6.45, 7) is 3.65. The van der Waals surface area contributed by atoms with Crippen molar-refractivity contribution >= 4 is 11.7 Å². The molecule has 8 nitrogen and oxygen atoms in total. The highest BCUT2D eigenvalue weighted by Gasteiger charge is 2.21. The smallest absolute Gasteiger partial charge is 0.361 e. The number of ether oxygens (including phenoxy) is 1. The highest BCUT2D eigenvalue weighted by Crippen LogP contribution is 2.28. The Bertz CT molecular complexity index is 665. The fourth-order valence-corrected chi connectivity index (χ4v) is 1.74. The van der Waals surface area contributed by atoms with E-state index in [1.165, 1.54) is 12.1 Å². The SMILES string of the molecule is CCOC(=O)c1n[nH]nc1-c1cc([N+](=O)[O-])ccc1C. The first-order chi connectivity index (χ1) is 9.54. The second kappa shape index (κ2) is 5.47. The fraction of sp³-hybridized carbons (Fsp3) is 0.250. The molecule has 2 aromatic rings. The summed E-state index contributed by atoms with van der Waals surface area (Å²) in [5.41, 5.74) is 1.38. The number of nitro benzene ring substituents is 1. The number of hydrogen-bond donors (Lipinski definition) is 1. The van der Waals surface area contributed by atoms with Crippen LogP contribution in [0.1, 0.15) is 23.0 Å². The molecule has 104 valence electrons. The lowest BCUT2D eigenvalue weighted by atomic mass is 10.0. The van der Waals surface area contributed by atoms with Gasteiger partial charge in [-0.25, -0.2) is 4.79 Å². The summed E-state index contributed by atoms with van der Waals surface area (Å²) in [7, 11) is 0. The van der Waals surface area contributed by atoms with Crippen molar-refractivity contribution in [3.8, 4) is 11.3 Å². The average Bonchev–Trinajstić information content (AvgIpc) is 2.88. The molecule has 20 heavy (non-hydrogen) atoms. The second-order valence-electron chi connectivity index (χ2n) is 4.00. The Labute approximate surface area is 113 Å². The van der Waals surface area contributed by atoms with Crippen molar-refractivity contribution in [1.29, 1.82) is 0 Å². The number of aromatic amines is 1. The number of H-pyrrole nitrogens is 1. The van der Waals surface area contributed by atoms with Crippen LogP contribution in [-0.4, -0.2) is 32.9 Å².